The molecule has 3 aliphatic heterocycles. The summed E-state index contributed by atoms with van der Waals surface area (Å²) < 4.78 is 12.1. The number of likely N-dealkylation sites (tertiary alicyclic amines) is 1. The Balaban J connectivity index is 1.45. The summed E-state index contributed by atoms with van der Waals surface area (Å²) in [5.41, 5.74) is 6.78. The van der Waals surface area contributed by atoms with Gasteiger partial charge >= 0.3 is 0 Å². The van der Waals surface area contributed by atoms with Crippen molar-refractivity contribution in [2.45, 2.75) is 63.3 Å². The number of halogens is 1. The number of hydrogen-bond acceptors (Lipinski definition) is 7. The first-order valence-electron chi connectivity index (χ1n) is 11.2. The molecule has 2 fully saturated rings. The molecular weight excluding hydrogens is 414 g/mol. The first kappa shape index (κ1) is 22.5. The van der Waals surface area contributed by atoms with Crippen molar-refractivity contribution in [2.24, 2.45) is 15.9 Å². The first-order valence-corrected chi connectivity index (χ1v) is 11.5. The molecule has 0 saturated carbocycles. The van der Waals surface area contributed by atoms with E-state index < -0.39 is 0 Å². The molecule has 2 atom stereocenters. The second kappa shape index (κ2) is 9.45. The van der Waals surface area contributed by atoms with Crippen LogP contribution >= 0.6 is 11.6 Å². The molecule has 0 aromatic heterocycles. The van der Waals surface area contributed by atoms with Crippen molar-refractivity contribution in [1.29, 1.82) is 0 Å². The van der Waals surface area contributed by atoms with Crippen molar-refractivity contribution in [3.63, 3.8) is 0 Å². The van der Waals surface area contributed by atoms with Crippen molar-refractivity contribution < 1.29 is 9.47 Å². The molecule has 0 spiro atoms. The van der Waals surface area contributed by atoms with E-state index in [1.165, 1.54) is 5.56 Å². The van der Waals surface area contributed by atoms with E-state index in [1.54, 1.807) is 7.11 Å². The molecule has 0 bridgehead atoms. The van der Waals surface area contributed by atoms with Crippen LogP contribution in [0.5, 0.6) is 0 Å². The summed E-state index contributed by atoms with van der Waals surface area (Å²) in [6.07, 6.45) is 3.86. The van der Waals surface area contributed by atoms with E-state index in [0.29, 0.717) is 30.9 Å². The van der Waals surface area contributed by atoms with Gasteiger partial charge in [0.2, 0.25) is 0 Å². The molecule has 4 rings (SSSR count). The van der Waals surface area contributed by atoms with E-state index in [0.717, 1.165) is 49.8 Å². The SMILES string of the molecule is COC(C)(C)[C@H]1CN(C2CCN(C3=NN=C(N)C3)CC2)C(Cc2ccc(Cl)cc2)CO1. The van der Waals surface area contributed by atoms with Crippen molar-refractivity contribution in [3.8, 4) is 0 Å². The number of nitrogens with two attached hydrogens (primary N) is 1. The lowest BCUT2D eigenvalue weighted by atomic mass is 9.92. The van der Waals surface area contributed by atoms with Crippen LogP contribution in [0.25, 0.3) is 0 Å². The van der Waals surface area contributed by atoms with E-state index in [-0.39, 0.29) is 11.7 Å². The van der Waals surface area contributed by atoms with Crippen molar-refractivity contribution in [1.82, 2.24) is 9.80 Å². The maximum absolute atomic E-state index is 6.33. The summed E-state index contributed by atoms with van der Waals surface area (Å²) in [6.45, 7) is 7.77. The topological polar surface area (TPSA) is 75.7 Å². The zero-order valence-electron chi connectivity index (χ0n) is 18.8. The van der Waals surface area contributed by atoms with Gasteiger partial charge in [-0.3, -0.25) is 4.90 Å². The Hall–Kier alpha value is -1.67. The highest BCUT2D eigenvalue weighted by atomic mass is 35.5. The smallest absolute Gasteiger partial charge is 0.135 e. The number of morpholine rings is 1. The Morgan fingerprint density at radius 2 is 1.90 bits per heavy atom. The van der Waals surface area contributed by atoms with E-state index in [1.807, 2.05) is 12.1 Å². The van der Waals surface area contributed by atoms with Gasteiger partial charge in [0.05, 0.1) is 24.7 Å². The molecule has 0 radical (unpaired) electrons. The highest BCUT2D eigenvalue weighted by Crippen LogP contribution is 2.30. The van der Waals surface area contributed by atoms with Gasteiger partial charge in [-0.2, -0.15) is 0 Å². The Kier molecular flexibility index (Phi) is 6.86. The number of benzene rings is 1. The quantitative estimate of drug-likeness (QED) is 0.751. The summed E-state index contributed by atoms with van der Waals surface area (Å²) in [5, 5.41) is 9.03. The molecule has 2 saturated heterocycles. The van der Waals surface area contributed by atoms with Crippen molar-refractivity contribution >= 4 is 23.3 Å². The van der Waals surface area contributed by atoms with Gasteiger partial charge in [-0.05, 0) is 50.8 Å². The maximum atomic E-state index is 6.33. The number of rotatable bonds is 5. The summed E-state index contributed by atoms with van der Waals surface area (Å²) in [7, 11) is 1.77. The number of ether oxygens (including phenoxy) is 2. The Morgan fingerprint density at radius 1 is 1.19 bits per heavy atom. The molecule has 170 valence electrons. The lowest BCUT2D eigenvalue weighted by molar-refractivity contribution is -0.166. The standard InChI is InChI=1S/C23H34ClN5O2/c1-23(2,30-3)20-14-29(19(15-31-20)12-16-4-6-17(24)7-5-16)18-8-10-28(11-9-18)22-13-21(25)26-27-22/h4-7,18-20H,8-15H2,1-3H3,(H2,25,26)/t19?,20-/m1/s1. The minimum absolute atomic E-state index is 0.0457. The molecule has 1 unspecified atom stereocenters. The van der Waals surface area contributed by atoms with Crippen LogP contribution in [0.1, 0.15) is 38.7 Å². The number of methoxy groups -OCH3 is 1. The molecule has 7 nitrogen and oxygen atoms in total. The monoisotopic (exact) mass is 447 g/mol. The van der Waals surface area contributed by atoms with Crippen LogP contribution < -0.4 is 5.73 Å². The third-order valence-corrected chi connectivity index (χ3v) is 7.21. The van der Waals surface area contributed by atoms with Crippen LogP contribution in [0.15, 0.2) is 34.5 Å². The Morgan fingerprint density at radius 3 is 2.52 bits per heavy atom. The molecule has 0 aliphatic carbocycles. The largest absolute Gasteiger partial charge is 0.385 e. The molecule has 31 heavy (non-hydrogen) atoms. The minimum Gasteiger partial charge on any atom is -0.385 e. The van der Waals surface area contributed by atoms with E-state index in [2.05, 4.69) is 46.0 Å². The predicted molar refractivity (Wildman–Crippen MR) is 125 cm³/mol. The third-order valence-electron chi connectivity index (χ3n) is 6.95. The number of hydrogen-bond donors (Lipinski definition) is 1. The zero-order chi connectivity index (χ0) is 22.0. The number of amidine groups is 2. The highest BCUT2D eigenvalue weighted by Gasteiger charge is 2.41. The molecule has 3 aliphatic rings. The van der Waals surface area contributed by atoms with E-state index in [4.69, 9.17) is 26.8 Å². The highest BCUT2D eigenvalue weighted by molar-refractivity contribution is 6.30. The summed E-state index contributed by atoms with van der Waals surface area (Å²) in [6, 6.07) is 9.03. The maximum Gasteiger partial charge on any atom is 0.135 e. The van der Waals surface area contributed by atoms with Crippen molar-refractivity contribution in [3.05, 3.63) is 34.9 Å². The molecular formula is C23H34ClN5O2. The lowest BCUT2D eigenvalue weighted by Gasteiger charge is -2.49. The summed E-state index contributed by atoms with van der Waals surface area (Å²) >= 11 is 6.09. The van der Waals surface area contributed by atoms with Crippen LogP contribution in [0.4, 0.5) is 0 Å². The van der Waals surface area contributed by atoms with Gasteiger partial charge in [-0.1, -0.05) is 23.7 Å². The van der Waals surface area contributed by atoms with Gasteiger partial charge in [0.1, 0.15) is 11.7 Å². The lowest BCUT2D eigenvalue weighted by Crippen LogP contribution is -2.61. The molecule has 1 aromatic rings. The molecule has 3 heterocycles. The van der Waals surface area contributed by atoms with Crippen LogP contribution in [0, 0.1) is 0 Å². The summed E-state index contributed by atoms with van der Waals surface area (Å²) in [4.78, 5) is 5.01. The first-order chi connectivity index (χ1) is 14.9. The molecule has 0 amide bonds. The molecule has 2 N–H and O–H groups in total. The fourth-order valence-electron chi connectivity index (χ4n) is 4.77. The zero-order valence-corrected chi connectivity index (χ0v) is 19.5. The fourth-order valence-corrected chi connectivity index (χ4v) is 4.90. The second-order valence-electron chi connectivity index (χ2n) is 9.31. The number of piperidine rings is 1. The fraction of sp³-hybridized carbons (Fsp3) is 0.652. The summed E-state index contributed by atoms with van der Waals surface area (Å²) in [5.74, 6) is 1.62. The van der Waals surface area contributed by atoms with Crippen LogP contribution in [-0.2, 0) is 15.9 Å². The van der Waals surface area contributed by atoms with Gasteiger partial charge in [-0.25, -0.2) is 0 Å². The minimum atomic E-state index is -0.322. The Labute approximate surface area is 190 Å². The van der Waals surface area contributed by atoms with Crippen LogP contribution in [0.2, 0.25) is 5.02 Å². The van der Waals surface area contributed by atoms with Gasteiger partial charge in [0.25, 0.3) is 0 Å². The predicted octanol–water partition coefficient (Wildman–Crippen LogP) is 2.92. The average molecular weight is 448 g/mol. The molecule has 8 heteroatoms. The van der Waals surface area contributed by atoms with Gasteiger partial charge < -0.3 is 20.1 Å². The third kappa shape index (κ3) is 5.22. The second-order valence-corrected chi connectivity index (χ2v) is 9.75. The van der Waals surface area contributed by atoms with Crippen LogP contribution in [0.3, 0.4) is 0 Å². The van der Waals surface area contributed by atoms with Gasteiger partial charge in [-0.15, -0.1) is 10.2 Å². The van der Waals surface area contributed by atoms with Crippen LogP contribution in [-0.4, -0.2) is 78.6 Å². The average Bonchev–Trinajstić information content (AvgIpc) is 3.22. The van der Waals surface area contributed by atoms with E-state index >= 15 is 0 Å². The number of nitrogens with zero attached hydrogens (tertiary/aromatic N) is 4. The molecule has 1 aromatic carbocycles. The van der Waals surface area contributed by atoms with Gasteiger partial charge in [0.15, 0.2) is 0 Å². The van der Waals surface area contributed by atoms with E-state index in [9.17, 15) is 0 Å². The Bertz CT molecular complexity index is 818. The van der Waals surface area contributed by atoms with Crippen molar-refractivity contribution in [2.75, 3.05) is 33.4 Å². The van der Waals surface area contributed by atoms with Gasteiger partial charge in [0, 0.05) is 43.9 Å². The normalized spacial score (nSPS) is 26.1.